The van der Waals surface area contributed by atoms with Crippen molar-refractivity contribution in [2.75, 3.05) is 5.32 Å². The van der Waals surface area contributed by atoms with Gasteiger partial charge in [0.05, 0.1) is 11.7 Å². The number of amides is 1. The van der Waals surface area contributed by atoms with Crippen LogP contribution in [0.25, 0.3) is 33.1 Å². The molecule has 2 saturated carbocycles. The van der Waals surface area contributed by atoms with Crippen LogP contribution in [0.3, 0.4) is 0 Å². The molecule has 8 heteroatoms. The minimum Gasteiger partial charge on any atom is -0.351 e. The van der Waals surface area contributed by atoms with E-state index in [-0.39, 0.29) is 5.91 Å². The lowest BCUT2D eigenvalue weighted by Gasteiger charge is -2.11. The Hall–Kier alpha value is -3.55. The molecule has 0 spiro atoms. The van der Waals surface area contributed by atoms with E-state index < -0.39 is 0 Å². The minimum absolute atomic E-state index is 0.0543. The van der Waals surface area contributed by atoms with Crippen LogP contribution >= 0.6 is 0 Å². The van der Waals surface area contributed by atoms with Crippen molar-refractivity contribution in [3.8, 4) is 11.3 Å². The van der Waals surface area contributed by atoms with Crippen molar-refractivity contribution in [2.24, 2.45) is 0 Å². The van der Waals surface area contributed by atoms with Crippen molar-refractivity contribution in [1.82, 2.24) is 30.5 Å². The van der Waals surface area contributed by atoms with E-state index in [1.165, 1.54) is 0 Å². The van der Waals surface area contributed by atoms with Gasteiger partial charge in [0.15, 0.2) is 0 Å². The smallest absolute Gasteiger partial charge is 0.251 e. The van der Waals surface area contributed by atoms with Gasteiger partial charge in [-0.1, -0.05) is 6.07 Å². The van der Waals surface area contributed by atoms with Crippen LogP contribution in [0.4, 0.5) is 5.95 Å². The molecule has 144 valence electrons. The lowest BCUT2D eigenvalue weighted by molar-refractivity contribution is 0.0951. The lowest BCUT2D eigenvalue weighted by Crippen LogP contribution is -2.25. The Bertz CT molecular complexity index is 1240. The van der Waals surface area contributed by atoms with Gasteiger partial charge in [0.2, 0.25) is 5.95 Å². The third-order valence-electron chi connectivity index (χ3n) is 5.39. The maximum Gasteiger partial charge on any atom is 0.251 e. The second kappa shape index (κ2) is 6.23. The number of nitrogens with one attached hydrogen (secondary N) is 3. The molecule has 0 atom stereocenters. The summed E-state index contributed by atoms with van der Waals surface area (Å²) in [4.78, 5) is 26.6. The summed E-state index contributed by atoms with van der Waals surface area (Å²) in [6, 6.07) is 6.39. The second-order valence-electron chi connectivity index (χ2n) is 7.80. The largest absolute Gasteiger partial charge is 0.351 e. The highest BCUT2D eigenvalue weighted by molar-refractivity contribution is 6.10. The zero-order chi connectivity index (χ0) is 19.4. The van der Waals surface area contributed by atoms with E-state index in [9.17, 15) is 4.79 Å². The summed E-state index contributed by atoms with van der Waals surface area (Å²) in [5.41, 5.74) is 3.70. The Balaban J connectivity index is 1.53. The van der Waals surface area contributed by atoms with Crippen LogP contribution < -0.4 is 10.6 Å². The number of carbonyl (C=O) groups excluding carboxylic acids is 1. The topological polar surface area (TPSA) is 108 Å². The molecule has 2 aliphatic carbocycles. The van der Waals surface area contributed by atoms with Crippen molar-refractivity contribution < 1.29 is 4.79 Å². The summed E-state index contributed by atoms with van der Waals surface area (Å²) in [6.07, 6.45) is 9.78. The number of hydrogen-bond donors (Lipinski definition) is 3. The number of H-pyrrole nitrogens is 1. The maximum atomic E-state index is 12.5. The molecule has 0 aliphatic heterocycles. The molecule has 6 rings (SSSR count). The van der Waals surface area contributed by atoms with Gasteiger partial charge in [-0.25, -0.2) is 15.0 Å². The van der Waals surface area contributed by atoms with Crippen LogP contribution in [0.5, 0.6) is 0 Å². The third-order valence-corrected chi connectivity index (χ3v) is 5.39. The van der Waals surface area contributed by atoms with Gasteiger partial charge in [-0.3, -0.25) is 9.89 Å². The second-order valence-corrected chi connectivity index (χ2v) is 7.80. The Kier molecular flexibility index (Phi) is 3.53. The number of rotatable bonds is 5. The molecule has 1 aromatic carbocycles. The van der Waals surface area contributed by atoms with Crippen molar-refractivity contribution >= 4 is 33.7 Å². The summed E-state index contributed by atoms with van der Waals surface area (Å²) in [7, 11) is 0. The molecule has 3 aromatic heterocycles. The van der Waals surface area contributed by atoms with E-state index in [2.05, 4.69) is 25.8 Å². The molecule has 1 amide bonds. The molecule has 0 bridgehead atoms. The standard InChI is InChI=1S/C21H19N7O/c29-20(25-13-2-3-13)11-1-6-15-16-10-22-21(26-14-4-5-14)28-19(16)18(27-17(15)7-11)12-8-23-24-9-12/h1,6-10,13-14H,2-5H2,(H,23,24)(H,25,29)(H,22,26,28). The summed E-state index contributed by atoms with van der Waals surface area (Å²) in [5.74, 6) is 0.563. The van der Waals surface area contributed by atoms with Crippen molar-refractivity contribution in [3.05, 3.63) is 42.4 Å². The average Bonchev–Trinajstić information content (AvgIpc) is 3.67. The van der Waals surface area contributed by atoms with Crippen LogP contribution in [0.15, 0.2) is 36.8 Å². The molecular weight excluding hydrogens is 366 g/mol. The highest BCUT2D eigenvalue weighted by Gasteiger charge is 2.25. The number of fused-ring (bicyclic) bond motifs is 3. The summed E-state index contributed by atoms with van der Waals surface area (Å²) in [6.45, 7) is 0. The van der Waals surface area contributed by atoms with E-state index in [4.69, 9.17) is 9.97 Å². The highest BCUT2D eigenvalue weighted by atomic mass is 16.1. The van der Waals surface area contributed by atoms with Gasteiger partial charge in [-0.05, 0) is 37.8 Å². The number of carbonyl (C=O) groups is 1. The number of anilines is 1. The van der Waals surface area contributed by atoms with E-state index in [1.54, 1.807) is 12.4 Å². The fourth-order valence-corrected chi connectivity index (χ4v) is 3.48. The quantitative estimate of drug-likeness (QED) is 0.456. The molecule has 2 fully saturated rings. The lowest BCUT2D eigenvalue weighted by atomic mass is 10.0. The zero-order valence-electron chi connectivity index (χ0n) is 15.6. The average molecular weight is 385 g/mol. The number of pyridine rings is 1. The first-order chi connectivity index (χ1) is 14.2. The number of hydrogen-bond acceptors (Lipinski definition) is 6. The van der Waals surface area contributed by atoms with Crippen molar-refractivity contribution in [2.45, 2.75) is 37.8 Å². The van der Waals surface area contributed by atoms with Crippen LogP contribution in [-0.2, 0) is 0 Å². The number of aromatic nitrogens is 5. The molecular formula is C21H19N7O. The van der Waals surface area contributed by atoms with Crippen LogP contribution in [0.2, 0.25) is 0 Å². The predicted octanol–water partition coefficient (Wildman–Crippen LogP) is 3.03. The van der Waals surface area contributed by atoms with E-state index in [0.29, 0.717) is 23.6 Å². The maximum absolute atomic E-state index is 12.5. The zero-order valence-corrected chi connectivity index (χ0v) is 15.6. The SMILES string of the molecule is O=C(NC1CC1)c1ccc2c(c1)nc(-c1cn[nH]c1)c1nc(NC3CC3)ncc12. The first kappa shape index (κ1) is 16.4. The molecule has 0 unspecified atom stereocenters. The summed E-state index contributed by atoms with van der Waals surface area (Å²) in [5, 5.41) is 15.1. The normalized spacial score (nSPS) is 16.3. The molecule has 3 heterocycles. The van der Waals surface area contributed by atoms with Crippen molar-refractivity contribution in [1.29, 1.82) is 0 Å². The molecule has 8 nitrogen and oxygen atoms in total. The minimum atomic E-state index is -0.0543. The molecule has 2 aliphatic rings. The first-order valence-electron chi connectivity index (χ1n) is 9.92. The summed E-state index contributed by atoms with van der Waals surface area (Å²) < 4.78 is 0. The molecule has 0 radical (unpaired) electrons. The van der Waals surface area contributed by atoms with Gasteiger partial charge in [0, 0.05) is 46.4 Å². The van der Waals surface area contributed by atoms with Crippen LogP contribution in [0, 0.1) is 0 Å². The van der Waals surface area contributed by atoms with Gasteiger partial charge < -0.3 is 10.6 Å². The Morgan fingerprint density at radius 1 is 1.03 bits per heavy atom. The number of benzene rings is 1. The van der Waals surface area contributed by atoms with Gasteiger partial charge in [-0.2, -0.15) is 5.10 Å². The Labute approximate surface area is 166 Å². The molecule has 0 saturated heterocycles. The van der Waals surface area contributed by atoms with Gasteiger partial charge in [0.25, 0.3) is 5.91 Å². The van der Waals surface area contributed by atoms with E-state index in [0.717, 1.165) is 58.7 Å². The summed E-state index contributed by atoms with van der Waals surface area (Å²) >= 11 is 0. The molecule has 4 aromatic rings. The molecule has 29 heavy (non-hydrogen) atoms. The predicted molar refractivity (Wildman–Crippen MR) is 110 cm³/mol. The van der Waals surface area contributed by atoms with Gasteiger partial charge >= 0.3 is 0 Å². The van der Waals surface area contributed by atoms with Gasteiger partial charge in [0.1, 0.15) is 11.2 Å². The first-order valence-corrected chi connectivity index (χ1v) is 9.92. The van der Waals surface area contributed by atoms with E-state index in [1.807, 2.05) is 24.4 Å². The van der Waals surface area contributed by atoms with Crippen molar-refractivity contribution in [3.63, 3.8) is 0 Å². The Morgan fingerprint density at radius 2 is 1.90 bits per heavy atom. The van der Waals surface area contributed by atoms with Crippen LogP contribution in [-0.4, -0.2) is 43.1 Å². The number of aromatic amines is 1. The fraction of sp³-hybridized carbons (Fsp3) is 0.286. The third kappa shape index (κ3) is 3.06. The monoisotopic (exact) mass is 385 g/mol. The Morgan fingerprint density at radius 3 is 2.66 bits per heavy atom. The fourth-order valence-electron chi connectivity index (χ4n) is 3.48. The number of nitrogens with zero attached hydrogens (tertiary/aromatic N) is 4. The van der Waals surface area contributed by atoms with E-state index >= 15 is 0 Å². The van der Waals surface area contributed by atoms with Gasteiger partial charge in [-0.15, -0.1) is 0 Å². The highest BCUT2D eigenvalue weighted by Crippen LogP contribution is 2.32. The molecule has 3 N–H and O–H groups in total. The van der Waals surface area contributed by atoms with Crippen LogP contribution in [0.1, 0.15) is 36.0 Å².